The zero-order chi connectivity index (χ0) is 20.0. The first-order chi connectivity index (χ1) is 12.6. The van der Waals surface area contributed by atoms with Crippen LogP contribution in [0.15, 0.2) is 18.2 Å². The standard InChI is InChI=1S/C22H25NO4/c1-10(2)7-12-5-6-14-16(19(12)24)22(27)17-15(23)9-13(8-11(3)4)20(25)18(17)21(14)26/h5-6,9-11,24-25H,7-8,23H2,1-4H3. The maximum atomic E-state index is 13.1. The van der Waals surface area contributed by atoms with Crippen molar-refractivity contribution in [3.8, 4) is 11.5 Å². The lowest BCUT2D eigenvalue weighted by molar-refractivity contribution is 0.0974. The summed E-state index contributed by atoms with van der Waals surface area (Å²) in [6.45, 7) is 8.00. The van der Waals surface area contributed by atoms with E-state index in [1.54, 1.807) is 18.2 Å². The molecule has 0 saturated heterocycles. The Hall–Kier alpha value is -2.82. The van der Waals surface area contributed by atoms with Gasteiger partial charge in [-0.2, -0.15) is 0 Å². The van der Waals surface area contributed by atoms with Crippen LogP contribution >= 0.6 is 0 Å². The van der Waals surface area contributed by atoms with Gasteiger partial charge in [0, 0.05) is 11.3 Å². The third-order valence-corrected chi connectivity index (χ3v) is 4.85. The molecule has 27 heavy (non-hydrogen) atoms. The summed E-state index contributed by atoms with van der Waals surface area (Å²) in [4.78, 5) is 26.2. The minimum Gasteiger partial charge on any atom is -0.507 e. The number of nitrogens with two attached hydrogens (primary N) is 1. The second-order valence-corrected chi connectivity index (χ2v) is 8.07. The molecule has 4 N–H and O–H groups in total. The van der Waals surface area contributed by atoms with Gasteiger partial charge in [0.2, 0.25) is 0 Å². The maximum absolute atomic E-state index is 13.1. The highest BCUT2D eigenvalue weighted by Crippen LogP contribution is 2.42. The van der Waals surface area contributed by atoms with E-state index in [1.807, 2.05) is 27.7 Å². The molecule has 2 aromatic rings. The SMILES string of the molecule is CC(C)Cc1ccc2c(c1O)C(=O)c1c(N)cc(CC(C)C)c(O)c1C2=O. The van der Waals surface area contributed by atoms with Crippen LogP contribution in [0.3, 0.4) is 0 Å². The summed E-state index contributed by atoms with van der Waals surface area (Å²) in [5, 5.41) is 21.3. The Balaban J connectivity index is 2.23. The Morgan fingerprint density at radius 1 is 0.815 bits per heavy atom. The van der Waals surface area contributed by atoms with E-state index in [2.05, 4.69) is 0 Å². The molecule has 0 amide bonds. The van der Waals surface area contributed by atoms with Crippen LogP contribution in [-0.4, -0.2) is 21.8 Å². The van der Waals surface area contributed by atoms with Gasteiger partial charge in [-0.3, -0.25) is 9.59 Å². The van der Waals surface area contributed by atoms with Gasteiger partial charge in [-0.1, -0.05) is 33.8 Å². The molecule has 142 valence electrons. The second-order valence-electron chi connectivity index (χ2n) is 8.07. The molecule has 1 aliphatic rings. The topological polar surface area (TPSA) is 101 Å². The number of carbonyl (C=O) groups is 2. The van der Waals surface area contributed by atoms with Crippen molar-refractivity contribution in [3.63, 3.8) is 0 Å². The largest absolute Gasteiger partial charge is 0.507 e. The predicted molar refractivity (Wildman–Crippen MR) is 105 cm³/mol. The number of nitrogen functional groups attached to an aromatic ring is 1. The minimum absolute atomic E-state index is 0.0190. The summed E-state index contributed by atoms with van der Waals surface area (Å²) in [5.41, 5.74) is 7.42. The van der Waals surface area contributed by atoms with Gasteiger partial charge < -0.3 is 15.9 Å². The Bertz CT molecular complexity index is 958. The van der Waals surface area contributed by atoms with Gasteiger partial charge in [0.25, 0.3) is 0 Å². The number of hydrogen-bond donors (Lipinski definition) is 3. The summed E-state index contributed by atoms with van der Waals surface area (Å²) < 4.78 is 0. The molecule has 0 saturated carbocycles. The lowest BCUT2D eigenvalue weighted by Gasteiger charge is -2.24. The maximum Gasteiger partial charge on any atom is 0.200 e. The molecule has 1 aliphatic carbocycles. The quantitative estimate of drug-likeness (QED) is 0.480. The Labute approximate surface area is 158 Å². The average molecular weight is 367 g/mol. The van der Waals surface area contributed by atoms with E-state index in [0.717, 1.165) is 0 Å². The Morgan fingerprint density at radius 2 is 1.37 bits per heavy atom. The summed E-state index contributed by atoms with van der Waals surface area (Å²) in [6, 6.07) is 4.78. The molecule has 0 bridgehead atoms. The van der Waals surface area contributed by atoms with Gasteiger partial charge in [0.15, 0.2) is 11.6 Å². The third kappa shape index (κ3) is 3.07. The predicted octanol–water partition coefficient (Wildman–Crippen LogP) is 3.85. The fraction of sp³-hybridized carbons (Fsp3) is 0.364. The molecule has 0 fully saturated rings. The second kappa shape index (κ2) is 6.72. The smallest absolute Gasteiger partial charge is 0.200 e. The molecule has 5 nitrogen and oxygen atoms in total. The minimum atomic E-state index is -0.522. The van der Waals surface area contributed by atoms with Crippen molar-refractivity contribution in [3.05, 3.63) is 51.6 Å². The van der Waals surface area contributed by atoms with Gasteiger partial charge in [-0.15, -0.1) is 0 Å². The highest BCUT2D eigenvalue weighted by molar-refractivity contribution is 6.32. The van der Waals surface area contributed by atoms with Gasteiger partial charge in [-0.25, -0.2) is 0 Å². The molecule has 0 aromatic heterocycles. The average Bonchev–Trinajstić information content (AvgIpc) is 2.56. The third-order valence-electron chi connectivity index (χ3n) is 4.85. The summed E-state index contributed by atoms with van der Waals surface area (Å²) in [7, 11) is 0. The van der Waals surface area contributed by atoms with E-state index < -0.39 is 11.6 Å². The molecule has 2 aromatic carbocycles. The van der Waals surface area contributed by atoms with E-state index in [-0.39, 0.29) is 51.3 Å². The Kier molecular flexibility index (Phi) is 4.72. The normalized spacial score (nSPS) is 13.3. The molecule has 0 atom stereocenters. The molecule has 0 unspecified atom stereocenters. The first-order valence-corrected chi connectivity index (χ1v) is 9.22. The first-order valence-electron chi connectivity index (χ1n) is 9.22. The number of anilines is 1. The molecular formula is C22H25NO4. The van der Waals surface area contributed by atoms with Gasteiger partial charge >= 0.3 is 0 Å². The molecule has 3 rings (SSSR count). The number of ketones is 2. The lowest BCUT2D eigenvalue weighted by Crippen LogP contribution is -2.24. The zero-order valence-electron chi connectivity index (χ0n) is 16.1. The first kappa shape index (κ1) is 19.0. The van der Waals surface area contributed by atoms with Gasteiger partial charge in [0.05, 0.1) is 16.7 Å². The lowest BCUT2D eigenvalue weighted by atomic mass is 9.79. The molecule has 5 heteroatoms. The highest BCUT2D eigenvalue weighted by Gasteiger charge is 2.37. The molecule has 0 heterocycles. The van der Waals surface area contributed by atoms with Crippen LogP contribution < -0.4 is 5.73 Å². The van der Waals surface area contributed by atoms with Crippen molar-refractivity contribution in [1.29, 1.82) is 0 Å². The number of rotatable bonds is 4. The van der Waals surface area contributed by atoms with E-state index in [9.17, 15) is 19.8 Å². The monoisotopic (exact) mass is 367 g/mol. The number of fused-ring (bicyclic) bond motifs is 2. The summed E-state index contributed by atoms with van der Waals surface area (Å²) in [5.74, 6) is -0.841. The van der Waals surface area contributed by atoms with Crippen LogP contribution in [0, 0.1) is 11.8 Å². The Morgan fingerprint density at radius 3 is 1.96 bits per heavy atom. The number of hydrogen-bond acceptors (Lipinski definition) is 5. The van der Waals surface area contributed by atoms with Crippen molar-refractivity contribution >= 4 is 17.3 Å². The fourth-order valence-electron chi connectivity index (χ4n) is 3.73. The van der Waals surface area contributed by atoms with E-state index >= 15 is 0 Å². The number of phenolic OH excluding ortho intramolecular Hbond substituents is 2. The van der Waals surface area contributed by atoms with Crippen molar-refractivity contribution in [2.45, 2.75) is 40.5 Å². The van der Waals surface area contributed by atoms with Crippen LogP contribution in [0.2, 0.25) is 0 Å². The number of phenols is 2. The van der Waals surface area contributed by atoms with E-state index in [0.29, 0.717) is 24.0 Å². The van der Waals surface area contributed by atoms with Crippen LogP contribution in [-0.2, 0) is 12.8 Å². The van der Waals surface area contributed by atoms with Gasteiger partial charge in [0.1, 0.15) is 11.5 Å². The van der Waals surface area contributed by atoms with E-state index in [4.69, 9.17) is 5.73 Å². The van der Waals surface area contributed by atoms with Gasteiger partial charge in [-0.05, 0) is 47.9 Å². The van der Waals surface area contributed by atoms with Crippen LogP contribution in [0.1, 0.15) is 70.7 Å². The fourth-order valence-corrected chi connectivity index (χ4v) is 3.73. The van der Waals surface area contributed by atoms with Crippen molar-refractivity contribution in [1.82, 2.24) is 0 Å². The van der Waals surface area contributed by atoms with Crippen molar-refractivity contribution < 1.29 is 19.8 Å². The molecule has 0 aliphatic heterocycles. The van der Waals surface area contributed by atoms with E-state index in [1.165, 1.54) is 0 Å². The molecule has 0 radical (unpaired) electrons. The zero-order valence-corrected chi connectivity index (χ0v) is 16.1. The molecule has 0 spiro atoms. The van der Waals surface area contributed by atoms with Crippen LogP contribution in [0.25, 0.3) is 0 Å². The summed E-state index contributed by atoms with van der Waals surface area (Å²) >= 11 is 0. The molecular weight excluding hydrogens is 342 g/mol. The highest BCUT2D eigenvalue weighted by atomic mass is 16.3. The van der Waals surface area contributed by atoms with Crippen LogP contribution in [0.5, 0.6) is 11.5 Å². The number of aromatic hydroxyl groups is 2. The van der Waals surface area contributed by atoms with Crippen LogP contribution in [0.4, 0.5) is 5.69 Å². The van der Waals surface area contributed by atoms with Crippen molar-refractivity contribution in [2.75, 3.05) is 5.73 Å². The summed E-state index contributed by atoms with van der Waals surface area (Å²) in [6.07, 6.45) is 1.12. The number of carbonyl (C=O) groups excluding carboxylic acids is 2. The van der Waals surface area contributed by atoms with Crippen molar-refractivity contribution in [2.24, 2.45) is 11.8 Å². The number of benzene rings is 2.